The van der Waals surface area contributed by atoms with Crippen LogP contribution in [0.25, 0.3) is 0 Å². The van der Waals surface area contributed by atoms with Crippen molar-refractivity contribution >= 4 is 11.7 Å². The molecular formula is C15H29N5O2. The van der Waals surface area contributed by atoms with Crippen LogP contribution in [0.3, 0.4) is 0 Å². The maximum atomic E-state index is 11.8. The number of hydrogen-bond donors (Lipinski definition) is 3. The van der Waals surface area contributed by atoms with Gasteiger partial charge >= 0.3 is 0 Å². The van der Waals surface area contributed by atoms with Crippen LogP contribution in [-0.2, 0) is 16.1 Å². The summed E-state index contributed by atoms with van der Waals surface area (Å²) in [6, 6.07) is -0.474. The maximum Gasteiger partial charge on any atom is 0.242 e. The van der Waals surface area contributed by atoms with Gasteiger partial charge in [-0.15, -0.1) is 0 Å². The molecule has 126 valence electrons. The Balaban J connectivity index is 2.22. The van der Waals surface area contributed by atoms with Crippen molar-refractivity contribution in [3.8, 4) is 0 Å². The van der Waals surface area contributed by atoms with Gasteiger partial charge in [-0.1, -0.05) is 13.3 Å². The van der Waals surface area contributed by atoms with Gasteiger partial charge in [-0.2, -0.15) is 0 Å². The van der Waals surface area contributed by atoms with Gasteiger partial charge in [0.05, 0.1) is 25.1 Å². The summed E-state index contributed by atoms with van der Waals surface area (Å²) in [6.07, 6.45) is 5.33. The highest BCUT2D eigenvalue weighted by atomic mass is 16.5. The van der Waals surface area contributed by atoms with E-state index in [1.807, 2.05) is 31.5 Å². The molecule has 0 radical (unpaired) electrons. The topological polar surface area (TPSA) is 94.2 Å². The first-order valence-corrected chi connectivity index (χ1v) is 7.93. The monoisotopic (exact) mass is 311 g/mol. The second-order valence-corrected chi connectivity index (χ2v) is 5.55. The lowest BCUT2D eigenvalue weighted by molar-refractivity contribution is -0.117. The van der Waals surface area contributed by atoms with Gasteiger partial charge in [0.25, 0.3) is 0 Å². The van der Waals surface area contributed by atoms with E-state index in [0.717, 1.165) is 26.1 Å². The molecule has 1 aromatic rings. The van der Waals surface area contributed by atoms with Crippen molar-refractivity contribution in [1.29, 1.82) is 0 Å². The molecular weight excluding hydrogens is 282 g/mol. The molecule has 7 nitrogen and oxygen atoms in total. The minimum atomic E-state index is -0.474. The quantitative estimate of drug-likeness (QED) is 0.529. The molecule has 0 unspecified atom stereocenters. The van der Waals surface area contributed by atoms with Crippen LogP contribution in [0, 0.1) is 0 Å². The summed E-state index contributed by atoms with van der Waals surface area (Å²) in [5, 5.41) is 6.03. The minimum Gasteiger partial charge on any atom is -0.377 e. The molecule has 0 aliphatic heterocycles. The third-order valence-corrected chi connectivity index (χ3v) is 3.10. The van der Waals surface area contributed by atoms with Gasteiger partial charge in [0.1, 0.15) is 0 Å². The standard InChI is InChI=1S/C15H29N5O2/c1-4-5-13(16)15(21)19-14-10-20(11-18-14)8-6-17-7-9-22-12(2)3/h10-13,17H,4-9,16H2,1-3H3,(H,19,21)/t13-/m0/s1. The summed E-state index contributed by atoms with van der Waals surface area (Å²) in [4.78, 5) is 15.9. The summed E-state index contributed by atoms with van der Waals surface area (Å²) in [5.74, 6) is 0.357. The van der Waals surface area contributed by atoms with E-state index in [2.05, 4.69) is 15.6 Å². The van der Waals surface area contributed by atoms with Gasteiger partial charge in [-0.05, 0) is 20.3 Å². The molecule has 0 fully saturated rings. The number of aromatic nitrogens is 2. The number of carbonyl (C=O) groups excluding carboxylic acids is 1. The van der Waals surface area contributed by atoms with Crippen LogP contribution in [0.5, 0.6) is 0 Å². The van der Waals surface area contributed by atoms with E-state index in [0.29, 0.717) is 18.8 Å². The molecule has 22 heavy (non-hydrogen) atoms. The Morgan fingerprint density at radius 2 is 2.23 bits per heavy atom. The van der Waals surface area contributed by atoms with E-state index in [-0.39, 0.29) is 12.0 Å². The van der Waals surface area contributed by atoms with Crippen molar-refractivity contribution in [2.45, 2.75) is 52.3 Å². The van der Waals surface area contributed by atoms with E-state index in [4.69, 9.17) is 10.5 Å². The molecule has 0 saturated carbocycles. The van der Waals surface area contributed by atoms with Crippen molar-refractivity contribution in [3.05, 3.63) is 12.5 Å². The van der Waals surface area contributed by atoms with Crippen LogP contribution >= 0.6 is 0 Å². The molecule has 0 bridgehead atoms. The van der Waals surface area contributed by atoms with Crippen LogP contribution < -0.4 is 16.4 Å². The van der Waals surface area contributed by atoms with E-state index in [1.54, 1.807) is 6.33 Å². The van der Waals surface area contributed by atoms with Gasteiger partial charge in [-0.3, -0.25) is 4.79 Å². The summed E-state index contributed by atoms with van der Waals surface area (Å²) in [7, 11) is 0. The summed E-state index contributed by atoms with van der Waals surface area (Å²) in [6.45, 7) is 9.18. The maximum absolute atomic E-state index is 11.8. The highest BCUT2D eigenvalue weighted by molar-refractivity contribution is 5.93. The highest BCUT2D eigenvalue weighted by Crippen LogP contribution is 2.04. The van der Waals surface area contributed by atoms with Crippen molar-refractivity contribution in [1.82, 2.24) is 14.9 Å². The first-order chi connectivity index (χ1) is 10.5. The van der Waals surface area contributed by atoms with Crippen molar-refractivity contribution in [3.63, 3.8) is 0 Å². The molecule has 4 N–H and O–H groups in total. The molecule has 1 amide bonds. The van der Waals surface area contributed by atoms with Crippen LogP contribution in [0.1, 0.15) is 33.6 Å². The average Bonchev–Trinajstić information content (AvgIpc) is 2.90. The SMILES string of the molecule is CCC[C@H](N)C(=O)Nc1cn(CCNCCOC(C)C)cn1. The normalized spacial score (nSPS) is 12.6. The van der Waals surface area contributed by atoms with Crippen LogP contribution in [0.15, 0.2) is 12.5 Å². The number of carbonyl (C=O) groups is 1. The molecule has 1 atom stereocenters. The number of anilines is 1. The van der Waals surface area contributed by atoms with E-state index in [9.17, 15) is 4.79 Å². The minimum absolute atomic E-state index is 0.184. The molecule has 1 aromatic heterocycles. The molecule has 0 aliphatic carbocycles. The zero-order valence-corrected chi connectivity index (χ0v) is 13.8. The Bertz CT molecular complexity index is 433. The third kappa shape index (κ3) is 7.53. The number of rotatable bonds is 11. The Labute approximate surface area is 132 Å². The predicted octanol–water partition coefficient (Wildman–Crippen LogP) is 0.964. The van der Waals surface area contributed by atoms with Crippen molar-refractivity contribution < 1.29 is 9.53 Å². The smallest absolute Gasteiger partial charge is 0.242 e. The Morgan fingerprint density at radius 1 is 1.45 bits per heavy atom. The number of nitrogens with one attached hydrogen (secondary N) is 2. The molecule has 7 heteroatoms. The number of hydrogen-bond acceptors (Lipinski definition) is 5. The second-order valence-electron chi connectivity index (χ2n) is 5.55. The van der Waals surface area contributed by atoms with Crippen molar-refractivity contribution in [2.24, 2.45) is 5.73 Å². The molecule has 0 aliphatic rings. The van der Waals surface area contributed by atoms with Crippen molar-refractivity contribution in [2.75, 3.05) is 25.0 Å². The average molecular weight is 311 g/mol. The molecule has 0 spiro atoms. The number of nitrogens with two attached hydrogens (primary N) is 1. The Kier molecular flexibility index (Phi) is 8.72. The summed E-state index contributed by atoms with van der Waals surface area (Å²) < 4.78 is 7.37. The van der Waals surface area contributed by atoms with Gasteiger partial charge in [0, 0.05) is 25.8 Å². The van der Waals surface area contributed by atoms with Crippen LogP contribution in [-0.4, -0.2) is 47.3 Å². The first-order valence-electron chi connectivity index (χ1n) is 7.93. The van der Waals surface area contributed by atoms with Crippen LogP contribution in [0.2, 0.25) is 0 Å². The lowest BCUT2D eigenvalue weighted by Crippen LogP contribution is -2.35. The van der Waals surface area contributed by atoms with Crippen LogP contribution in [0.4, 0.5) is 5.82 Å². The van der Waals surface area contributed by atoms with E-state index < -0.39 is 6.04 Å². The molecule has 0 aromatic carbocycles. The summed E-state index contributed by atoms with van der Waals surface area (Å²) in [5.41, 5.74) is 5.76. The summed E-state index contributed by atoms with van der Waals surface area (Å²) >= 11 is 0. The molecule has 0 saturated heterocycles. The lowest BCUT2D eigenvalue weighted by atomic mass is 10.2. The highest BCUT2D eigenvalue weighted by Gasteiger charge is 2.13. The van der Waals surface area contributed by atoms with E-state index >= 15 is 0 Å². The first kappa shape index (κ1) is 18.6. The van der Waals surface area contributed by atoms with Gasteiger partial charge in [-0.25, -0.2) is 4.98 Å². The number of nitrogens with zero attached hydrogens (tertiary/aromatic N) is 2. The lowest BCUT2D eigenvalue weighted by Gasteiger charge is -2.09. The number of ether oxygens (including phenoxy) is 1. The van der Waals surface area contributed by atoms with Gasteiger partial charge < -0.3 is 25.7 Å². The molecule has 1 rings (SSSR count). The van der Waals surface area contributed by atoms with Gasteiger partial charge in [0.15, 0.2) is 5.82 Å². The molecule has 1 heterocycles. The zero-order chi connectivity index (χ0) is 16.4. The Morgan fingerprint density at radius 3 is 2.91 bits per heavy atom. The second kappa shape index (κ2) is 10.3. The number of amides is 1. The Hall–Kier alpha value is -1.44. The van der Waals surface area contributed by atoms with E-state index in [1.165, 1.54) is 0 Å². The fraction of sp³-hybridized carbons (Fsp3) is 0.733. The third-order valence-electron chi connectivity index (χ3n) is 3.10. The predicted molar refractivity (Wildman–Crippen MR) is 87.7 cm³/mol. The fourth-order valence-corrected chi connectivity index (χ4v) is 1.91. The fourth-order valence-electron chi connectivity index (χ4n) is 1.91. The van der Waals surface area contributed by atoms with Gasteiger partial charge in [0.2, 0.25) is 5.91 Å². The zero-order valence-electron chi connectivity index (χ0n) is 13.8. The number of imidazole rings is 1. The largest absolute Gasteiger partial charge is 0.377 e.